The number of hydrogen-bond acceptors (Lipinski definition) is 4. The van der Waals surface area contributed by atoms with Gasteiger partial charge < -0.3 is 0 Å². The van der Waals surface area contributed by atoms with E-state index < -0.39 is 0 Å². The maximum Gasteiger partial charge on any atom is 0.195 e. The van der Waals surface area contributed by atoms with Gasteiger partial charge in [0.2, 0.25) is 0 Å². The molecule has 96 valence electrons. The topological polar surface area (TPSA) is 59.4 Å². The highest BCUT2D eigenvalue weighted by Crippen LogP contribution is 2.17. The Labute approximate surface area is 115 Å². The summed E-state index contributed by atoms with van der Waals surface area (Å²) in [7, 11) is 0. The smallest absolute Gasteiger partial charge is 0.195 e. The van der Waals surface area contributed by atoms with Crippen LogP contribution in [0.25, 0.3) is 22.6 Å². The molecule has 0 unspecified atom stereocenters. The van der Waals surface area contributed by atoms with Crippen LogP contribution in [0.2, 0.25) is 0 Å². The van der Waals surface area contributed by atoms with Gasteiger partial charge in [-0.15, -0.1) is 0 Å². The Morgan fingerprint density at radius 1 is 1.26 bits per heavy atom. The van der Waals surface area contributed by atoms with E-state index in [1.54, 1.807) is 6.20 Å². The molecule has 2 aromatic heterocycles. The maximum absolute atomic E-state index is 5.23. The molecule has 0 atom stereocenters. The first-order valence-corrected chi connectivity index (χ1v) is 6.58. The zero-order valence-corrected chi connectivity index (χ0v) is 11.3. The van der Waals surface area contributed by atoms with E-state index in [1.165, 1.54) is 0 Å². The summed E-state index contributed by atoms with van der Waals surface area (Å²) in [6.07, 6.45) is 2.72. The minimum Gasteiger partial charge on any atom is -0.299 e. The Bertz CT molecular complexity index is 774. The first-order chi connectivity index (χ1) is 9.29. The molecule has 0 fully saturated rings. The van der Waals surface area contributed by atoms with Crippen molar-refractivity contribution in [3.63, 3.8) is 0 Å². The predicted octanol–water partition coefficient (Wildman–Crippen LogP) is 2.96. The summed E-state index contributed by atoms with van der Waals surface area (Å²) in [6.45, 7) is 2.92. The molecule has 19 heavy (non-hydrogen) atoms. The number of aromatic nitrogens is 5. The van der Waals surface area contributed by atoms with E-state index in [0.29, 0.717) is 4.77 Å². The minimum atomic E-state index is 0.617. The summed E-state index contributed by atoms with van der Waals surface area (Å²) in [5, 5.41) is 7.07. The van der Waals surface area contributed by atoms with Gasteiger partial charge >= 0.3 is 0 Å². The summed E-state index contributed by atoms with van der Waals surface area (Å²) < 4.78 is 2.57. The molecule has 0 saturated heterocycles. The van der Waals surface area contributed by atoms with Crippen LogP contribution in [0.5, 0.6) is 0 Å². The summed E-state index contributed by atoms with van der Waals surface area (Å²) in [5.41, 5.74) is 2.47. The SMILES string of the molecule is CCCn1c(-c2cnc3ccccc3n2)n[nH]c1=S. The van der Waals surface area contributed by atoms with Gasteiger partial charge in [0.25, 0.3) is 0 Å². The van der Waals surface area contributed by atoms with Gasteiger partial charge in [-0.05, 0) is 30.8 Å². The van der Waals surface area contributed by atoms with Gasteiger partial charge in [-0.1, -0.05) is 19.1 Å². The summed E-state index contributed by atoms with van der Waals surface area (Å²) in [6, 6.07) is 7.78. The predicted molar refractivity (Wildman–Crippen MR) is 76.2 cm³/mol. The maximum atomic E-state index is 5.23. The quantitative estimate of drug-likeness (QED) is 0.744. The zero-order chi connectivity index (χ0) is 13.2. The molecular formula is C13H13N5S. The van der Waals surface area contributed by atoms with E-state index in [4.69, 9.17) is 12.2 Å². The van der Waals surface area contributed by atoms with Gasteiger partial charge in [-0.2, -0.15) is 5.10 Å². The number of benzene rings is 1. The van der Waals surface area contributed by atoms with Gasteiger partial charge in [0.1, 0.15) is 5.69 Å². The van der Waals surface area contributed by atoms with Gasteiger partial charge in [-0.25, -0.2) is 4.98 Å². The normalized spacial score (nSPS) is 11.0. The molecule has 0 aliphatic heterocycles. The fourth-order valence-electron chi connectivity index (χ4n) is 2.01. The number of rotatable bonds is 3. The lowest BCUT2D eigenvalue weighted by molar-refractivity contribution is 0.673. The molecule has 2 heterocycles. The number of fused-ring (bicyclic) bond motifs is 1. The van der Waals surface area contributed by atoms with Crippen LogP contribution in [0.1, 0.15) is 13.3 Å². The van der Waals surface area contributed by atoms with Crippen LogP contribution in [0.4, 0.5) is 0 Å². The number of para-hydroxylation sites is 2. The molecule has 0 spiro atoms. The molecule has 0 amide bonds. The Kier molecular flexibility index (Phi) is 3.08. The molecule has 3 aromatic rings. The van der Waals surface area contributed by atoms with Crippen LogP contribution in [0.3, 0.4) is 0 Å². The number of hydrogen-bond donors (Lipinski definition) is 1. The molecule has 0 aliphatic carbocycles. The van der Waals surface area contributed by atoms with Gasteiger partial charge in [0, 0.05) is 6.54 Å². The van der Waals surface area contributed by atoms with Crippen molar-refractivity contribution in [2.45, 2.75) is 19.9 Å². The van der Waals surface area contributed by atoms with Crippen molar-refractivity contribution < 1.29 is 0 Å². The van der Waals surface area contributed by atoms with Crippen molar-refractivity contribution in [1.29, 1.82) is 0 Å². The first-order valence-electron chi connectivity index (χ1n) is 6.17. The second-order valence-electron chi connectivity index (χ2n) is 4.25. The second-order valence-corrected chi connectivity index (χ2v) is 4.63. The van der Waals surface area contributed by atoms with Crippen molar-refractivity contribution in [2.24, 2.45) is 0 Å². The zero-order valence-electron chi connectivity index (χ0n) is 10.5. The summed E-state index contributed by atoms with van der Waals surface area (Å²) in [5.74, 6) is 0.741. The first kappa shape index (κ1) is 12.0. The highest BCUT2D eigenvalue weighted by molar-refractivity contribution is 7.71. The van der Waals surface area contributed by atoms with Crippen molar-refractivity contribution >= 4 is 23.3 Å². The van der Waals surface area contributed by atoms with Crippen LogP contribution in [-0.2, 0) is 6.54 Å². The molecule has 0 radical (unpaired) electrons. The molecule has 1 aromatic carbocycles. The van der Waals surface area contributed by atoms with E-state index in [2.05, 4.69) is 27.1 Å². The number of aromatic amines is 1. The van der Waals surface area contributed by atoms with Crippen molar-refractivity contribution in [3.8, 4) is 11.5 Å². The van der Waals surface area contributed by atoms with E-state index in [1.807, 2.05) is 28.8 Å². The van der Waals surface area contributed by atoms with Gasteiger partial charge in [0.15, 0.2) is 10.6 Å². The van der Waals surface area contributed by atoms with Gasteiger partial charge in [-0.3, -0.25) is 14.6 Å². The Morgan fingerprint density at radius 3 is 2.84 bits per heavy atom. The summed E-state index contributed by atoms with van der Waals surface area (Å²) in [4.78, 5) is 8.99. The van der Waals surface area contributed by atoms with Crippen molar-refractivity contribution in [2.75, 3.05) is 0 Å². The molecule has 5 nitrogen and oxygen atoms in total. The Morgan fingerprint density at radius 2 is 2.05 bits per heavy atom. The van der Waals surface area contributed by atoms with E-state index in [-0.39, 0.29) is 0 Å². The van der Waals surface area contributed by atoms with Crippen LogP contribution < -0.4 is 0 Å². The van der Waals surface area contributed by atoms with Crippen LogP contribution >= 0.6 is 12.2 Å². The van der Waals surface area contributed by atoms with Crippen LogP contribution in [0, 0.1) is 4.77 Å². The molecule has 3 rings (SSSR count). The highest BCUT2D eigenvalue weighted by Gasteiger charge is 2.10. The molecule has 0 aliphatic rings. The number of H-pyrrole nitrogens is 1. The minimum absolute atomic E-state index is 0.617. The molecule has 0 saturated carbocycles. The standard InChI is InChI=1S/C13H13N5S/c1-2-7-18-12(16-17-13(18)19)11-8-14-9-5-3-4-6-10(9)15-11/h3-6,8H,2,7H2,1H3,(H,17,19). The van der Waals surface area contributed by atoms with Crippen LogP contribution in [-0.4, -0.2) is 24.7 Å². The van der Waals surface area contributed by atoms with Crippen LogP contribution in [0.15, 0.2) is 30.5 Å². The summed E-state index contributed by atoms with van der Waals surface area (Å²) >= 11 is 5.23. The second kappa shape index (κ2) is 4.89. The third-order valence-electron chi connectivity index (χ3n) is 2.88. The van der Waals surface area contributed by atoms with E-state index in [0.717, 1.165) is 35.5 Å². The Balaban J connectivity index is 2.16. The largest absolute Gasteiger partial charge is 0.299 e. The van der Waals surface area contributed by atoms with Crippen molar-refractivity contribution in [3.05, 3.63) is 35.2 Å². The number of nitrogens with zero attached hydrogens (tertiary/aromatic N) is 4. The fraction of sp³-hybridized carbons (Fsp3) is 0.231. The van der Waals surface area contributed by atoms with E-state index >= 15 is 0 Å². The molecular weight excluding hydrogens is 258 g/mol. The third-order valence-corrected chi connectivity index (χ3v) is 3.19. The monoisotopic (exact) mass is 271 g/mol. The molecule has 1 N–H and O–H groups in total. The van der Waals surface area contributed by atoms with E-state index in [9.17, 15) is 0 Å². The third kappa shape index (κ3) is 2.15. The highest BCUT2D eigenvalue weighted by atomic mass is 32.1. The Hall–Kier alpha value is -2.08. The molecule has 6 heteroatoms. The van der Waals surface area contributed by atoms with Crippen molar-refractivity contribution in [1.82, 2.24) is 24.7 Å². The average molecular weight is 271 g/mol. The fourth-order valence-corrected chi connectivity index (χ4v) is 2.23. The lowest BCUT2D eigenvalue weighted by Crippen LogP contribution is -2.01. The lowest BCUT2D eigenvalue weighted by atomic mass is 10.3. The average Bonchev–Trinajstić information content (AvgIpc) is 2.80. The molecule has 0 bridgehead atoms. The van der Waals surface area contributed by atoms with Gasteiger partial charge in [0.05, 0.1) is 17.2 Å². The number of nitrogens with one attached hydrogen (secondary N) is 1. The lowest BCUT2D eigenvalue weighted by Gasteiger charge is -2.04.